The highest BCUT2D eigenvalue weighted by Crippen LogP contribution is 2.39. The number of benzene rings is 2. The van der Waals surface area contributed by atoms with Crippen LogP contribution >= 0.6 is 15.9 Å². The molecule has 0 radical (unpaired) electrons. The fraction of sp³-hybridized carbons (Fsp3) is 0.241. The van der Waals surface area contributed by atoms with Gasteiger partial charge in [-0.15, -0.1) is 0 Å². The van der Waals surface area contributed by atoms with Gasteiger partial charge in [0.25, 0.3) is 11.8 Å². The van der Waals surface area contributed by atoms with Gasteiger partial charge in [-0.05, 0) is 59.1 Å². The summed E-state index contributed by atoms with van der Waals surface area (Å²) in [6, 6.07) is 17.2. The average Bonchev–Trinajstić information content (AvgIpc) is 3.39. The summed E-state index contributed by atoms with van der Waals surface area (Å²) in [5.74, 6) is 1.08. The Kier molecular flexibility index (Phi) is 8.21. The van der Waals surface area contributed by atoms with Crippen molar-refractivity contribution in [2.24, 2.45) is 0 Å². The molecule has 200 valence electrons. The third-order valence-electron chi connectivity index (χ3n) is 6.23. The van der Waals surface area contributed by atoms with Gasteiger partial charge in [-0.2, -0.15) is 0 Å². The number of aromatic nitrogens is 3. The highest BCUT2D eigenvalue weighted by Gasteiger charge is 2.21. The van der Waals surface area contributed by atoms with Crippen LogP contribution in [0.15, 0.2) is 65.3 Å². The summed E-state index contributed by atoms with van der Waals surface area (Å²) in [5, 5.41) is 5.74. The first kappa shape index (κ1) is 26.4. The van der Waals surface area contributed by atoms with Crippen LogP contribution in [0.4, 0.5) is 0 Å². The number of fused-ring (bicyclic) bond motifs is 1. The summed E-state index contributed by atoms with van der Waals surface area (Å²) >= 11 is 3.56. The maximum atomic E-state index is 12.4. The molecule has 5 rings (SSSR count). The van der Waals surface area contributed by atoms with Crippen molar-refractivity contribution in [1.29, 1.82) is 0 Å². The van der Waals surface area contributed by atoms with Crippen molar-refractivity contribution < 1.29 is 19.1 Å². The van der Waals surface area contributed by atoms with Crippen LogP contribution in [0.3, 0.4) is 0 Å². The van der Waals surface area contributed by atoms with Crippen molar-refractivity contribution >= 4 is 27.7 Å². The van der Waals surface area contributed by atoms with Crippen LogP contribution in [-0.4, -0.2) is 53.1 Å². The van der Waals surface area contributed by atoms with Gasteiger partial charge in [-0.3, -0.25) is 9.59 Å². The van der Waals surface area contributed by atoms with Gasteiger partial charge in [0.05, 0.1) is 28.0 Å². The summed E-state index contributed by atoms with van der Waals surface area (Å²) in [6.07, 6.45) is 3.17. The molecule has 10 heteroatoms. The van der Waals surface area contributed by atoms with E-state index in [2.05, 4.69) is 36.5 Å². The summed E-state index contributed by atoms with van der Waals surface area (Å²) in [4.78, 5) is 37.1. The van der Waals surface area contributed by atoms with E-state index in [4.69, 9.17) is 14.5 Å². The minimum Gasteiger partial charge on any atom is -0.490 e. The Morgan fingerprint density at radius 2 is 1.97 bits per heavy atom. The first-order valence-corrected chi connectivity index (χ1v) is 13.5. The number of nitrogens with one attached hydrogen (secondary N) is 3. The van der Waals surface area contributed by atoms with Crippen LogP contribution in [0.2, 0.25) is 0 Å². The molecule has 0 bridgehead atoms. The average molecular weight is 590 g/mol. The monoisotopic (exact) mass is 589 g/mol. The van der Waals surface area contributed by atoms with Gasteiger partial charge in [0.15, 0.2) is 23.9 Å². The molecule has 0 saturated heterocycles. The topological polar surface area (TPSA) is 118 Å². The van der Waals surface area contributed by atoms with E-state index in [-0.39, 0.29) is 18.4 Å². The molecular weight excluding hydrogens is 562 g/mol. The third-order valence-corrected chi connectivity index (χ3v) is 6.82. The van der Waals surface area contributed by atoms with Crippen molar-refractivity contribution in [2.45, 2.75) is 19.8 Å². The molecular formula is C29H28BrN5O4. The summed E-state index contributed by atoms with van der Waals surface area (Å²) in [6.45, 7) is 3.27. The Labute approximate surface area is 234 Å². The Morgan fingerprint density at radius 3 is 2.77 bits per heavy atom. The first-order valence-electron chi connectivity index (χ1n) is 12.8. The van der Waals surface area contributed by atoms with Gasteiger partial charge in [-0.1, -0.05) is 30.3 Å². The largest absolute Gasteiger partial charge is 0.490 e. The minimum absolute atomic E-state index is 0.0845. The lowest BCUT2D eigenvalue weighted by Gasteiger charge is -2.15. The second kappa shape index (κ2) is 12.1. The number of ether oxygens (including phenoxy) is 2. The Balaban J connectivity index is 1.30. The molecule has 4 aromatic rings. The minimum atomic E-state index is -0.220. The number of carbonyl (C=O) groups excluding carboxylic acids is 2. The van der Waals surface area contributed by atoms with E-state index >= 15 is 0 Å². The fourth-order valence-electron chi connectivity index (χ4n) is 4.36. The zero-order valence-electron chi connectivity index (χ0n) is 21.4. The van der Waals surface area contributed by atoms with Crippen LogP contribution < -0.4 is 20.1 Å². The normalized spacial score (nSPS) is 12.4. The standard InChI is InChI=1S/C29H28BrN5O4/c1-2-38-25-15-19(14-21(30)27(25)39-17-26(36)31-11-8-18-6-4-3-5-7-18)28-32-12-10-23(35-28)24-16-20-22(34-24)9-13-33-29(20)37/h3-7,10,12,14-16,34H,2,8-9,11,13,17H2,1H3,(H,31,36)(H,33,37). The molecule has 0 spiro atoms. The second-order valence-electron chi connectivity index (χ2n) is 8.94. The number of amides is 2. The van der Waals surface area contributed by atoms with Crippen LogP contribution in [0.25, 0.3) is 22.8 Å². The molecule has 0 atom stereocenters. The zero-order valence-corrected chi connectivity index (χ0v) is 23.0. The molecule has 2 aromatic heterocycles. The highest BCUT2D eigenvalue weighted by molar-refractivity contribution is 9.10. The highest BCUT2D eigenvalue weighted by atomic mass is 79.9. The van der Waals surface area contributed by atoms with E-state index in [0.717, 1.165) is 29.8 Å². The maximum Gasteiger partial charge on any atom is 0.257 e. The fourth-order valence-corrected chi connectivity index (χ4v) is 4.92. The van der Waals surface area contributed by atoms with Gasteiger partial charge < -0.3 is 25.1 Å². The number of hydrogen-bond acceptors (Lipinski definition) is 6. The maximum absolute atomic E-state index is 12.4. The van der Waals surface area contributed by atoms with Crippen LogP contribution in [0.1, 0.15) is 28.5 Å². The molecule has 3 heterocycles. The SMILES string of the molecule is CCOc1cc(-c2nccc(-c3cc4c([nH]3)CCNC4=O)n2)cc(Br)c1OCC(=O)NCCc1ccccc1. The number of nitrogens with zero attached hydrogens (tertiary/aromatic N) is 2. The van der Waals surface area contributed by atoms with Gasteiger partial charge in [0, 0.05) is 37.0 Å². The van der Waals surface area contributed by atoms with Gasteiger partial charge in [0.1, 0.15) is 0 Å². The van der Waals surface area contributed by atoms with Gasteiger partial charge in [0.2, 0.25) is 0 Å². The van der Waals surface area contributed by atoms with E-state index in [9.17, 15) is 9.59 Å². The van der Waals surface area contributed by atoms with Crippen molar-refractivity contribution in [3.05, 3.63) is 82.1 Å². The number of rotatable bonds is 10. The number of halogens is 1. The molecule has 0 fully saturated rings. The Morgan fingerprint density at radius 1 is 1.13 bits per heavy atom. The Hall–Kier alpha value is -4.18. The van der Waals surface area contributed by atoms with Crippen molar-refractivity contribution in [3.8, 4) is 34.3 Å². The van der Waals surface area contributed by atoms with Crippen LogP contribution in [0.5, 0.6) is 11.5 Å². The predicted molar refractivity (Wildman–Crippen MR) is 151 cm³/mol. The molecule has 0 aliphatic carbocycles. The summed E-state index contributed by atoms with van der Waals surface area (Å²) in [5.41, 5.74) is 4.83. The Bertz CT molecular complexity index is 1490. The van der Waals surface area contributed by atoms with Crippen molar-refractivity contribution in [3.63, 3.8) is 0 Å². The molecule has 3 N–H and O–H groups in total. The molecule has 9 nitrogen and oxygen atoms in total. The first-order chi connectivity index (χ1) is 19.0. The smallest absolute Gasteiger partial charge is 0.257 e. The van der Waals surface area contributed by atoms with E-state index < -0.39 is 0 Å². The van der Waals surface area contributed by atoms with Crippen LogP contribution in [0, 0.1) is 0 Å². The van der Waals surface area contributed by atoms with E-state index in [0.29, 0.717) is 58.3 Å². The number of hydrogen-bond donors (Lipinski definition) is 3. The molecule has 1 aliphatic heterocycles. The molecule has 39 heavy (non-hydrogen) atoms. The van der Waals surface area contributed by atoms with Crippen LogP contribution in [-0.2, 0) is 17.6 Å². The van der Waals surface area contributed by atoms with Gasteiger partial charge in [-0.25, -0.2) is 9.97 Å². The summed E-state index contributed by atoms with van der Waals surface area (Å²) < 4.78 is 12.3. The van der Waals surface area contributed by atoms with Gasteiger partial charge >= 0.3 is 0 Å². The quantitative estimate of drug-likeness (QED) is 0.253. The molecule has 2 aromatic carbocycles. The zero-order chi connectivity index (χ0) is 27.2. The molecule has 0 unspecified atom stereocenters. The predicted octanol–water partition coefficient (Wildman–Crippen LogP) is 4.32. The van der Waals surface area contributed by atoms with E-state index in [1.807, 2.05) is 49.4 Å². The lowest BCUT2D eigenvalue weighted by atomic mass is 10.1. The third kappa shape index (κ3) is 6.28. The van der Waals surface area contributed by atoms with Crippen molar-refractivity contribution in [2.75, 3.05) is 26.3 Å². The number of aromatic amines is 1. The molecule has 1 aliphatic rings. The number of H-pyrrole nitrogens is 1. The van der Waals surface area contributed by atoms with E-state index in [1.165, 1.54) is 0 Å². The number of carbonyl (C=O) groups is 2. The second-order valence-corrected chi connectivity index (χ2v) is 9.79. The van der Waals surface area contributed by atoms with Crippen molar-refractivity contribution in [1.82, 2.24) is 25.6 Å². The summed E-state index contributed by atoms with van der Waals surface area (Å²) in [7, 11) is 0. The molecule has 0 saturated carbocycles. The molecule has 2 amide bonds. The lowest BCUT2D eigenvalue weighted by molar-refractivity contribution is -0.123. The van der Waals surface area contributed by atoms with E-state index in [1.54, 1.807) is 18.3 Å². The lowest BCUT2D eigenvalue weighted by Crippen LogP contribution is -2.31.